The SMILES string of the molecule is COc1ccccc1NC(=O)c1c(C)c(-c2ccc(OCc3ccccc3)cc2)nc2c(C)cc(C)cc12. The molecule has 1 aromatic heterocycles. The van der Waals surface area contributed by atoms with E-state index in [1.807, 2.05) is 106 Å². The minimum absolute atomic E-state index is 0.200. The minimum atomic E-state index is -0.200. The number of aromatic nitrogens is 1. The lowest BCUT2D eigenvalue weighted by Gasteiger charge is -2.17. The zero-order valence-corrected chi connectivity index (χ0v) is 22.0. The fourth-order valence-corrected chi connectivity index (χ4v) is 4.77. The van der Waals surface area contributed by atoms with E-state index in [0.717, 1.165) is 50.2 Å². The highest BCUT2D eigenvalue weighted by molar-refractivity contribution is 6.15. The molecule has 190 valence electrons. The summed E-state index contributed by atoms with van der Waals surface area (Å²) in [6.45, 7) is 6.52. The van der Waals surface area contributed by atoms with E-state index in [0.29, 0.717) is 23.6 Å². The molecular formula is C33H30N2O3. The summed E-state index contributed by atoms with van der Waals surface area (Å²) in [7, 11) is 1.59. The molecule has 0 aliphatic heterocycles. The van der Waals surface area contributed by atoms with E-state index in [-0.39, 0.29) is 5.91 Å². The van der Waals surface area contributed by atoms with Gasteiger partial charge in [-0.15, -0.1) is 0 Å². The van der Waals surface area contributed by atoms with Crippen LogP contribution in [0, 0.1) is 20.8 Å². The lowest BCUT2D eigenvalue weighted by atomic mass is 9.94. The molecule has 5 rings (SSSR count). The van der Waals surface area contributed by atoms with Gasteiger partial charge in [0, 0.05) is 10.9 Å². The van der Waals surface area contributed by atoms with Crippen LogP contribution < -0.4 is 14.8 Å². The van der Waals surface area contributed by atoms with Crippen molar-refractivity contribution >= 4 is 22.5 Å². The number of carbonyl (C=O) groups is 1. The van der Waals surface area contributed by atoms with Gasteiger partial charge in [-0.3, -0.25) is 4.79 Å². The van der Waals surface area contributed by atoms with Crippen molar-refractivity contribution in [2.75, 3.05) is 12.4 Å². The topological polar surface area (TPSA) is 60.5 Å². The van der Waals surface area contributed by atoms with Gasteiger partial charge in [0.2, 0.25) is 0 Å². The Kier molecular flexibility index (Phi) is 7.09. The third-order valence-electron chi connectivity index (χ3n) is 6.63. The highest BCUT2D eigenvalue weighted by Crippen LogP contribution is 2.34. The van der Waals surface area contributed by atoms with Crippen molar-refractivity contribution < 1.29 is 14.3 Å². The van der Waals surface area contributed by atoms with Gasteiger partial charge in [-0.2, -0.15) is 0 Å². The van der Waals surface area contributed by atoms with E-state index in [1.165, 1.54) is 0 Å². The van der Waals surface area contributed by atoms with Gasteiger partial charge in [0.15, 0.2) is 0 Å². The molecule has 1 amide bonds. The summed E-state index contributed by atoms with van der Waals surface area (Å²) in [5.41, 5.74) is 7.75. The largest absolute Gasteiger partial charge is 0.495 e. The van der Waals surface area contributed by atoms with Gasteiger partial charge in [0.05, 0.1) is 29.6 Å². The first kappa shape index (κ1) is 25.0. The van der Waals surface area contributed by atoms with Gasteiger partial charge in [-0.05, 0) is 79.9 Å². The number of para-hydroxylation sites is 2. The van der Waals surface area contributed by atoms with E-state index in [1.54, 1.807) is 7.11 Å². The molecule has 0 atom stereocenters. The fraction of sp³-hybridized carbons (Fsp3) is 0.152. The number of methoxy groups -OCH3 is 1. The van der Waals surface area contributed by atoms with Crippen LogP contribution in [0.15, 0.2) is 91.0 Å². The zero-order valence-electron chi connectivity index (χ0n) is 22.0. The Morgan fingerprint density at radius 1 is 0.868 bits per heavy atom. The molecular weight excluding hydrogens is 472 g/mol. The van der Waals surface area contributed by atoms with Crippen molar-refractivity contribution in [1.29, 1.82) is 0 Å². The summed E-state index contributed by atoms with van der Waals surface area (Å²) in [5.74, 6) is 1.18. The monoisotopic (exact) mass is 502 g/mol. The molecule has 0 aliphatic carbocycles. The summed E-state index contributed by atoms with van der Waals surface area (Å²) in [5, 5.41) is 3.89. The molecule has 0 bridgehead atoms. The summed E-state index contributed by atoms with van der Waals surface area (Å²) in [6, 6.07) is 29.5. The molecule has 1 N–H and O–H groups in total. The van der Waals surface area contributed by atoms with Crippen molar-refractivity contribution in [2.45, 2.75) is 27.4 Å². The second-order valence-corrected chi connectivity index (χ2v) is 9.39. The molecule has 5 nitrogen and oxygen atoms in total. The predicted octanol–water partition coefficient (Wildman–Crippen LogP) is 7.67. The molecule has 0 saturated carbocycles. The molecule has 0 radical (unpaired) electrons. The number of amides is 1. The van der Waals surface area contributed by atoms with E-state index in [4.69, 9.17) is 14.5 Å². The molecule has 1 heterocycles. The first-order valence-corrected chi connectivity index (χ1v) is 12.6. The lowest BCUT2D eigenvalue weighted by Crippen LogP contribution is -2.16. The van der Waals surface area contributed by atoms with Crippen LogP contribution in [0.3, 0.4) is 0 Å². The van der Waals surface area contributed by atoms with Crippen molar-refractivity contribution in [3.63, 3.8) is 0 Å². The molecule has 0 spiro atoms. The fourth-order valence-electron chi connectivity index (χ4n) is 4.77. The third kappa shape index (κ3) is 5.09. The average molecular weight is 503 g/mol. The van der Waals surface area contributed by atoms with Crippen LogP contribution in [0.2, 0.25) is 0 Å². The number of hydrogen-bond donors (Lipinski definition) is 1. The van der Waals surface area contributed by atoms with Gasteiger partial charge >= 0.3 is 0 Å². The zero-order chi connectivity index (χ0) is 26.6. The number of carbonyl (C=O) groups excluding carboxylic acids is 1. The standard InChI is InChI=1S/C33H30N2O3/c1-21-18-22(2)31-27(19-21)30(33(36)34-28-12-8-9-13-29(28)37-4)23(3)32(35-31)25-14-16-26(17-15-25)38-20-24-10-6-5-7-11-24/h5-19H,20H2,1-4H3,(H,34,36). The second-order valence-electron chi connectivity index (χ2n) is 9.39. The van der Waals surface area contributed by atoms with Crippen LogP contribution in [-0.2, 0) is 6.61 Å². The van der Waals surface area contributed by atoms with Crippen molar-refractivity contribution in [3.8, 4) is 22.8 Å². The summed E-state index contributed by atoms with van der Waals surface area (Å²) in [4.78, 5) is 18.8. The van der Waals surface area contributed by atoms with Gasteiger partial charge in [0.25, 0.3) is 5.91 Å². The summed E-state index contributed by atoms with van der Waals surface area (Å²) in [6.07, 6.45) is 0. The van der Waals surface area contributed by atoms with Crippen LogP contribution >= 0.6 is 0 Å². The Labute approximate surface area is 223 Å². The van der Waals surface area contributed by atoms with E-state index >= 15 is 0 Å². The summed E-state index contributed by atoms with van der Waals surface area (Å²) < 4.78 is 11.4. The highest BCUT2D eigenvalue weighted by atomic mass is 16.5. The van der Waals surface area contributed by atoms with E-state index < -0.39 is 0 Å². The lowest BCUT2D eigenvalue weighted by molar-refractivity contribution is 0.102. The number of nitrogens with one attached hydrogen (secondary N) is 1. The quantitative estimate of drug-likeness (QED) is 0.248. The maximum Gasteiger partial charge on any atom is 0.256 e. The minimum Gasteiger partial charge on any atom is -0.495 e. The van der Waals surface area contributed by atoms with Crippen molar-refractivity contribution in [1.82, 2.24) is 4.98 Å². The Bertz CT molecular complexity index is 1610. The third-order valence-corrected chi connectivity index (χ3v) is 6.63. The van der Waals surface area contributed by atoms with Gasteiger partial charge in [-0.1, -0.05) is 54.1 Å². The molecule has 38 heavy (non-hydrogen) atoms. The van der Waals surface area contributed by atoms with Crippen LogP contribution in [0.5, 0.6) is 11.5 Å². The summed E-state index contributed by atoms with van der Waals surface area (Å²) >= 11 is 0. The smallest absolute Gasteiger partial charge is 0.256 e. The molecule has 0 aliphatic rings. The van der Waals surface area contributed by atoms with Gasteiger partial charge in [-0.25, -0.2) is 4.98 Å². The number of rotatable bonds is 7. The Morgan fingerprint density at radius 2 is 1.58 bits per heavy atom. The number of nitrogens with zero attached hydrogens (tertiary/aromatic N) is 1. The van der Waals surface area contributed by atoms with E-state index in [9.17, 15) is 4.79 Å². The second kappa shape index (κ2) is 10.8. The van der Waals surface area contributed by atoms with Crippen LogP contribution in [0.25, 0.3) is 22.2 Å². The van der Waals surface area contributed by atoms with Crippen LogP contribution in [0.1, 0.15) is 32.6 Å². The highest BCUT2D eigenvalue weighted by Gasteiger charge is 2.21. The molecule has 0 unspecified atom stereocenters. The normalized spacial score (nSPS) is 10.8. The number of anilines is 1. The average Bonchev–Trinajstić information content (AvgIpc) is 2.93. The molecule has 0 fully saturated rings. The maximum absolute atomic E-state index is 13.8. The van der Waals surface area contributed by atoms with Crippen LogP contribution in [-0.4, -0.2) is 18.0 Å². The Morgan fingerprint density at radius 3 is 2.32 bits per heavy atom. The van der Waals surface area contributed by atoms with Gasteiger partial charge < -0.3 is 14.8 Å². The van der Waals surface area contributed by atoms with Crippen molar-refractivity contribution in [2.24, 2.45) is 0 Å². The van der Waals surface area contributed by atoms with Crippen molar-refractivity contribution in [3.05, 3.63) is 119 Å². The molecule has 0 saturated heterocycles. The number of benzene rings is 4. The Balaban J connectivity index is 1.54. The Hall–Kier alpha value is -4.64. The van der Waals surface area contributed by atoms with E-state index in [2.05, 4.69) is 11.4 Å². The van der Waals surface area contributed by atoms with Crippen LogP contribution in [0.4, 0.5) is 5.69 Å². The number of aryl methyl sites for hydroxylation is 2. The predicted molar refractivity (Wildman–Crippen MR) is 153 cm³/mol. The first-order valence-electron chi connectivity index (χ1n) is 12.6. The van der Waals surface area contributed by atoms with Gasteiger partial charge in [0.1, 0.15) is 18.1 Å². The maximum atomic E-state index is 13.8. The number of pyridine rings is 1. The molecule has 5 heteroatoms. The first-order chi connectivity index (χ1) is 18.4. The molecule has 4 aromatic carbocycles. The molecule has 5 aromatic rings. The number of ether oxygens (including phenoxy) is 2. The number of fused-ring (bicyclic) bond motifs is 1. The number of hydrogen-bond acceptors (Lipinski definition) is 4.